The first-order valence-corrected chi connectivity index (χ1v) is 4.72. The lowest BCUT2D eigenvalue weighted by molar-refractivity contribution is 0.353. The summed E-state index contributed by atoms with van der Waals surface area (Å²) in [5, 5.41) is 0. The Morgan fingerprint density at radius 3 is 2.67 bits per heavy atom. The minimum atomic E-state index is 0.914. The van der Waals surface area contributed by atoms with E-state index < -0.39 is 0 Å². The molecule has 1 aromatic rings. The fourth-order valence-electron chi connectivity index (χ4n) is 1.64. The molecule has 1 aliphatic rings. The molecule has 0 unspecified atom stereocenters. The first-order chi connectivity index (χ1) is 5.68. The predicted molar refractivity (Wildman–Crippen MR) is 53.7 cm³/mol. The maximum absolute atomic E-state index is 5.86. The molecule has 64 valence electrons. The van der Waals surface area contributed by atoms with E-state index in [9.17, 15) is 0 Å². The van der Waals surface area contributed by atoms with Crippen LogP contribution >= 0.6 is 15.9 Å². The van der Waals surface area contributed by atoms with Crippen LogP contribution in [0.5, 0.6) is 0 Å². The van der Waals surface area contributed by atoms with Crippen molar-refractivity contribution in [2.45, 2.75) is 13.1 Å². The summed E-state index contributed by atoms with van der Waals surface area (Å²) in [7, 11) is 2.10. The minimum Gasteiger partial charge on any atom is -0.398 e. The van der Waals surface area contributed by atoms with Crippen LogP contribution in [-0.2, 0) is 13.1 Å². The first kappa shape index (κ1) is 8.08. The highest BCUT2D eigenvalue weighted by Gasteiger charge is 2.19. The zero-order valence-corrected chi connectivity index (χ0v) is 8.56. The molecule has 3 heteroatoms. The van der Waals surface area contributed by atoms with E-state index in [0.717, 1.165) is 18.8 Å². The van der Waals surface area contributed by atoms with Gasteiger partial charge in [-0.05, 0) is 30.3 Å². The lowest BCUT2D eigenvalue weighted by Gasteiger charge is -2.03. The number of halogens is 1. The van der Waals surface area contributed by atoms with Crippen LogP contribution in [0.25, 0.3) is 0 Å². The third-order valence-corrected chi connectivity index (χ3v) is 3.01. The number of nitrogens with zero attached hydrogens (tertiary/aromatic N) is 1. The summed E-state index contributed by atoms with van der Waals surface area (Å²) in [6.07, 6.45) is 0. The van der Waals surface area contributed by atoms with E-state index in [1.807, 2.05) is 12.1 Å². The van der Waals surface area contributed by atoms with Gasteiger partial charge in [-0.15, -0.1) is 0 Å². The molecule has 1 aliphatic heterocycles. The van der Waals surface area contributed by atoms with Gasteiger partial charge >= 0.3 is 0 Å². The van der Waals surface area contributed by atoms with Gasteiger partial charge in [-0.2, -0.15) is 0 Å². The molecular formula is C9H11BrN2. The first-order valence-electron chi connectivity index (χ1n) is 3.93. The van der Waals surface area contributed by atoms with E-state index in [0.29, 0.717) is 0 Å². The predicted octanol–water partition coefficient (Wildman–Crippen LogP) is 1.98. The molecular weight excluding hydrogens is 216 g/mol. The Kier molecular flexibility index (Phi) is 1.85. The molecule has 0 aromatic heterocycles. The molecule has 1 heterocycles. The Balaban J connectivity index is 2.56. The summed E-state index contributed by atoms with van der Waals surface area (Å²) in [5.41, 5.74) is 9.40. The normalized spacial score (nSPS) is 16.5. The molecule has 2 N–H and O–H groups in total. The van der Waals surface area contributed by atoms with E-state index in [2.05, 4.69) is 27.9 Å². The van der Waals surface area contributed by atoms with Crippen LogP contribution in [0.15, 0.2) is 16.6 Å². The minimum absolute atomic E-state index is 0.914. The molecule has 0 bridgehead atoms. The van der Waals surface area contributed by atoms with Crippen molar-refractivity contribution in [1.29, 1.82) is 0 Å². The zero-order valence-electron chi connectivity index (χ0n) is 6.97. The number of nitrogen functional groups attached to an aromatic ring is 1. The van der Waals surface area contributed by atoms with Crippen LogP contribution in [-0.4, -0.2) is 11.9 Å². The van der Waals surface area contributed by atoms with Crippen molar-refractivity contribution < 1.29 is 0 Å². The summed E-state index contributed by atoms with van der Waals surface area (Å²) in [6, 6.07) is 3.98. The Morgan fingerprint density at radius 2 is 2.00 bits per heavy atom. The lowest BCUT2D eigenvalue weighted by Crippen LogP contribution is -2.07. The molecule has 0 spiro atoms. The molecule has 2 rings (SSSR count). The molecule has 1 aromatic carbocycles. The van der Waals surface area contributed by atoms with Crippen LogP contribution in [0.1, 0.15) is 11.1 Å². The van der Waals surface area contributed by atoms with Gasteiger partial charge in [-0.25, -0.2) is 0 Å². The molecule has 0 saturated heterocycles. The van der Waals surface area contributed by atoms with Gasteiger partial charge in [0.2, 0.25) is 0 Å². The maximum atomic E-state index is 5.86. The van der Waals surface area contributed by atoms with Crippen molar-refractivity contribution in [2.75, 3.05) is 12.8 Å². The van der Waals surface area contributed by atoms with E-state index in [1.165, 1.54) is 15.6 Å². The van der Waals surface area contributed by atoms with Gasteiger partial charge in [0.15, 0.2) is 0 Å². The highest BCUT2D eigenvalue weighted by molar-refractivity contribution is 9.10. The van der Waals surface area contributed by atoms with Gasteiger partial charge in [0.25, 0.3) is 0 Å². The van der Waals surface area contributed by atoms with Crippen molar-refractivity contribution in [3.63, 3.8) is 0 Å². The summed E-state index contributed by atoms with van der Waals surface area (Å²) in [4.78, 5) is 2.26. The molecule has 0 amide bonds. The number of rotatable bonds is 0. The largest absolute Gasteiger partial charge is 0.398 e. The standard InChI is InChI=1S/C9H11BrN2/c1-12-4-6-7(5-12)9(11)3-2-8(6)10/h2-3H,4-5,11H2,1H3. The van der Waals surface area contributed by atoms with Crippen LogP contribution in [0, 0.1) is 0 Å². The van der Waals surface area contributed by atoms with Gasteiger partial charge in [-0.3, -0.25) is 4.90 Å². The number of nitrogens with two attached hydrogens (primary N) is 1. The van der Waals surface area contributed by atoms with E-state index in [4.69, 9.17) is 5.73 Å². The number of fused-ring (bicyclic) bond motifs is 1. The number of anilines is 1. The van der Waals surface area contributed by atoms with Crippen molar-refractivity contribution in [3.05, 3.63) is 27.7 Å². The Morgan fingerprint density at radius 1 is 1.33 bits per heavy atom. The van der Waals surface area contributed by atoms with Gasteiger partial charge in [0.05, 0.1) is 0 Å². The van der Waals surface area contributed by atoms with E-state index in [-0.39, 0.29) is 0 Å². The fraction of sp³-hybridized carbons (Fsp3) is 0.333. The SMILES string of the molecule is CN1Cc2c(N)ccc(Br)c2C1. The second-order valence-electron chi connectivity index (χ2n) is 3.27. The monoisotopic (exact) mass is 226 g/mol. The van der Waals surface area contributed by atoms with Gasteiger partial charge in [0, 0.05) is 23.2 Å². The summed E-state index contributed by atoms with van der Waals surface area (Å²) < 4.78 is 1.18. The number of benzene rings is 1. The van der Waals surface area contributed by atoms with Crippen LogP contribution < -0.4 is 5.73 Å². The average Bonchev–Trinajstić information content (AvgIpc) is 2.41. The molecule has 0 radical (unpaired) electrons. The number of hydrogen-bond donors (Lipinski definition) is 1. The van der Waals surface area contributed by atoms with Crippen LogP contribution in [0.3, 0.4) is 0 Å². The van der Waals surface area contributed by atoms with Crippen molar-refractivity contribution in [2.24, 2.45) is 0 Å². The van der Waals surface area contributed by atoms with E-state index >= 15 is 0 Å². The third-order valence-electron chi connectivity index (χ3n) is 2.27. The van der Waals surface area contributed by atoms with Crippen molar-refractivity contribution in [1.82, 2.24) is 4.90 Å². The van der Waals surface area contributed by atoms with Crippen molar-refractivity contribution >= 4 is 21.6 Å². The number of hydrogen-bond acceptors (Lipinski definition) is 2. The van der Waals surface area contributed by atoms with Crippen LogP contribution in [0.2, 0.25) is 0 Å². The topological polar surface area (TPSA) is 29.3 Å². The quantitative estimate of drug-likeness (QED) is 0.686. The Labute approximate surface area is 80.5 Å². The lowest BCUT2D eigenvalue weighted by atomic mass is 10.1. The summed E-state index contributed by atoms with van der Waals surface area (Å²) >= 11 is 3.53. The molecule has 0 aliphatic carbocycles. The van der Waals surface area contributed by atoms with Crippen molar-refractivity contribution in [3.8, 4) is 0 Å². The molecule has 12 heavy (non-hydrogen) atoms. The third kappa shape index (κ3) is 1.13. The second kappa shape index (κ2) is 2.75. The van der Waals surface area contributed by atoms with E-state index in [1.54, 1.807) is 0 Å². The average molecular weight is 227 g/mol. The molecule has 0 atom stereocenters. The highest BCUT2D eigenvalue weighted by Crippen LogP contribution is 2.32. The van der Waals surface area contributed by atoms with Gasteiger partial charge in [-0.1, -0.05) is 15.9 Å². The summed E-state index contributed by atoms with van der Waals surface area (Å²) in [6.45, 7) is 1.97. The fourth-order valence-corrected chi connectivity index (χ4v) is 2.13. The van der Waals surface area contributed by atoms with Gasteiger partial charge < -0.3 is 5.73 Å². The maximum Gasteiger partial charge on any atom is 0.0363 e. The van der Waals surface area contributed by atoms with Crippen LogP contribution in [0.4, 0.5) is 5.69 Å². The Bertz CT molecular complexity index is 292. The zero-order chi connectivity index (χ0) is 8.72. The Hall–Kier alpha value is -0.540. The molecule has 0 saturated carbocycles. The summed E-state index contributed by atoms with van der Waals surface area (Å²) in [5.74, 6) is 0. The van der Waals surface area contributed by atoms with Gasteiger partial charge in [0.1, 0.15) is 0 Å². The highest BCUT2D eigenvalue weighted by atomic mass is 79.9. The molecule has 0 fully saturated rings. The second-order valence-corrected chi connectivity index (χ2v) is 4.12. The molecule has 2 nitrogen and oxygen atoms in total. The smallest absolute Gasteiger partial charge is 0.0363 e.